The number of aromatic nitrogens is 3. The smallest absolute Gasteiger partial charge is 0.172 e. The molecule has 0 aliphatic carbocycles. The highest BCUT2D eigenvalue weighted by Gasteiger charge is 2.14. The number of hydrogen-bond donors (Lipinski definition) is 0. The molecule has 0 spiro atoms. The van der Waals surface area contributed by atoms with Gasteiger partial charge in [0, 0.05) is 12.1 Å². The van der Waals surface area contributed by atoms with Gasteiger partial charge in [-0.05, 0) is 37.5 Å². The van der Waals surface area contributed by atoms with E-state index in [1.165, 1.54) is 36.8 Å². The van der Waals surface area contributed by atoms with Crippen molar-refractivity contribution in [1.82, 2.24) is 15.0 Å². The average Bonchev–Trinajstić information content (AvgIpc) is 2.93. The zero-order valence-corrected chi connectivity index (χ0v) is 13.8. The van der Waals surface area contributed by atoms with Crippen LogP contribution in [-0.2, 0) is 6.54 Å². The Morgan fingerprint density at radius 1 is 1.09 bits per heavy atom. The molecule has 118 valence electrons. The number of aryl methyl sites for hydroxylation is 3. The Hall–Kier alpha value is -1.97. The van der Waals surface area contributed by atoms with E-state index in [-0.39, 0.29) is 0 Å². The van der Waals surface area contributed by atoms with Gasteiger partial charge in [-0.25, -0.2) is 4.68 Å². The van der Waals surface area contributed by atoms with Crippen LogP contribution in [0.25, 0.3) is 11.3 Å². The van der Waals surface area contributed by atoms with E-state index in [2.05, 4.69) is 43.2 Å². The lowest BCUT2D eigenvalue weighted by Gasteiger charge is -2.09. The van der Waals surface area contributed by atoms with Gasteiger partial charge in [-0.1, -0.05) is 50.0 Å². The highest BCUT2D eigenvalue weighted by Crippen LogP contribution is 2.24. The van der Waals surface area contributed by atoms with Gasteiger partial charge in [0.15, 0.2) is 12.0 Å². The Labute approximate surface area is 132 Å². The zero-order valence-electron chi connectivity index (χ0n) is 13.8. The van der Waals surface area contributed by atoms with Crippen LogP contribution >= 0.6 is 0 Å². The van der Waals surface area contributed by atoms with Crippen LogP contribution in [-0.4, -0.2) is 21.3 Å². The second-order valence-electron chi connectivity index (χ2n) is 5.88. The van der Waals surface area contributed by atoms with Gasteiger partial charge in [-0.2, -0.15) is 0 Å². The molecule has 0 aliphatic heterocycles. The summed E-state index contributed by atoms with van der Waals surface area (Å²) in [7, 11) is 0. The van der Waals surface area contributed by atoms with E-state index in [1.807, 2.05) is 10.7 Å². The molecule has 1 heterocycles. The van der Waals surface area contributed by atoms with Crippen molar-refractivity contribution in [2.75, 3.05) is 0 Å². The van der Waals surface area contributed by atoms with Gasteiger partial charge in [0.1, 0.15) is 0 Å². The van der Waals surface area contributed by atoms with E-state index >= 15 is 0 Å². The second kappa shape index (κ2) is 7.87. The molecule has 2 aromatic rings. The summed E-state index contributed by atoms with van der Waals surface area (Å²) in [6.07, 6.45) is 6.83. The van der Waals surface area contributed by atoms with Gasteiger partial charge in [-0.3, -0.25) is 4.79 Å². The molecule has 2 rings (SSSR count). The molecule has 0 aliphatic rings. The SMILES string of the molecule is CCCCCCCn1nnc(C=O)c1-c1ccc(C)c(C)c1. The summed E-state index contributed by atoms with van der Waals surface area (Å²) < 4.78 is 1.87. The van der Waals surface area contributed by atoms with Crippen LogP contribution in [0.4, 0.5) is 0 Å². The first-order chi connectivity index (χ1) is 10.7. The molecule has 0 saturated heterocycles. The predicted molar refractivity (Wildman–Crippen MR) is 89.1 cm³/mol. The molecular formula is C18H25N3O. The molecule has 0 fully saturated rings. The highest BCUT2D eigenvalue weighted by atomic mass is 16.1. The lowest BCUT2D eigenvalue weighted by atomic mass is 10.0. The standard InChI is InChI=1S/C18H25N3O/c1-4-5-6-7-8-11-21-18(17(13-22)19-20-21)16-10-9-14(2)15(3)12-16/h9-10,12-13H,4-8,11H2,1-3H3. The molecule has 0 saturated carbocycles. The van der Waals surface area contributed by atoms with E-state index in [9.17, 15) is 4.79 Å². The first kappa shape index (κ1) is 16.4. The van der Waals surface area contributed by atoms with Crippen molar-refractivity contribution in [3.05, 3.63) is 35.0 Å². The van der Waals surface area contributed by atoms with Gasteiger partial charge in [0.2, 0.25) is 0 Å². The van der Waals surface area contributed by atoms with Crippen LogP contribution < -0.4 is 0 Å². The summed E-state index contributed by atoms with van der Waals surface area (Å²) in [5.41, 5.74) is 4.74. The molecule has 22 heavy (non-hydrogen) atoms. The molecule has 4 heteroatoms. The summed E-state index contributed by atoms with van der Waals surface area (Å²) in [4.78, 5) is 11.3. The molecule has 1 aromatic heterocycles. The Morgan fingerprint density at radius 3 is 2.55 bits per heavy atom. The van der Waals surface area contributed by atoms with Gasteiger partial charge < -0.3 is 0 Å². The number of hydrogen-bond acceptors (Lipinski definition) is 3. The number of aldehydes is 1. The third-order valence-corrected chi connectivity index (χ3v) is 4.13. The normalized spacial score (nSPS) is 10.9. The fourth-order valence-corrected chi connectivity index (χ4v) is 2.61. The number of unbranched alkanes of at least 4 members (excludes halogenated alkanes) is 4. The molecule has 0 amide bonds. The van der Waals surface area contributed by atoms with E-state index < -0.39 is 0 Å². The third kappa shape index (κ3) is 3.81. The molecule has 0 unspecified atom stereocenters. The average molecular weight is 299 g/mol. The van der Waals surface area contributed by atoms with Gasteiger partial charge in [-0.15, -0.1) is 5.10 Å². The fourth-order valence-electron chi connectivity index (χ4n) is 2.61. The van der Waals surface area contributed by atoms with Crippen LogP contribution in [0.15, 0.2) is 18.2 Å². The predicted octanol–water partition coefficient (Wildman–Crippen LogP) is 4.34. The Kier molecular flexibility index (Phi) is 5.87. The molecular weight excluding hydrogens is 274 g/mol. The highest BCUT2D eigenvalue weighted by molar-refractivity contribution is 5.83. The van der Waals surface area contributed by atoms with Gasteiger partial charge in [0.05, 0.1) is 5.69 Å². The Morgan fingerprint density at radius 2 is 1.86 bits per heavy atom. The summed E-state index contributed by atoms with van der Waals surface area (Å²) in [6.45, 7) is 7.19. The molecule has 0 atom stereocenters. The second-order valence-corrected chi connectivity index (χ2v) is 5.88. The summed E-state index contributed by atoms with van der Waals surface area (Å²) in [6, 6.07) is 6.23. The first-order valence-corrected chi connectivity index (χ1v) is 8.13. The Balaban J connectivity index is 2.19. The fraction of sp³-hybridized carbons (Fsp3) is 0.500. The molecule has 0 radical (unpaired) electrons. The summed E-state index contributed by atoms with van der Waals surface area (Å²) in [5.74, 6) is 0. The van der Waals surface area contributed by atoms with Crippen molar-refractivity contribution >= 4 is 6.29 Å². The maximum Gasteiger partial charge on any atom is 0.172 e. The number of benzene rings is 1. The van der Waals surface area contributed by atoms with Crippen molar-refractivity contribution in [2.24, 2.45) is 0 Å². The van der Waals surface area contributed by atoms with Crippen molar-refractivity contribution in [3.63, 3.8) is 0 Å². The minimum atomic E-state index is 0.428. The minimum absolute atomic E-state index is 0.428. The van der Waals surface area contributed by atoms with E-state index in [1.54, 1.807) is 0 Å². The monoisotopic (exact) mass is 299 g/mol. The van der Waals surface area contributed by atoms with Gasteiger partial charge >= 0.3 is 0 Å². The third-order valence-electron chi connectivity index (χ3n) is 4.13. The van der Waals surface area contributed by atoms with Gasteiger partial charge in [0.25, 0.3) is 0 Å². The van der Waals surface area contributed by atoms with E-state index in [4.69, 9.17) is 0 Å². The lowest BCUT2D eigenvalue weighted by Crippen LogP contribution is -2.03. The zero-order chi connectivity index (χ0) is 15.9. The number of carbonyl (C=O) groups excluding carboxylic acids is 1. The van der Waals surface area contributed by atoms with Crippen LogP contribution in [0.3, 0.4) is 0 Å². The molecule has 0 bridgehead atoms. The first-order valence-electron chi connectivity index (χ1n) is 8.13. The summed E-state index contributed by atoms with van der Waals surface area (Å²) in [5, 5.41) is 8.19. The molecule has 1 aromatic carbocycles. The van der Waals surface area contributed by atoms with Crippen molar-refractivity contribution in [2.45, 2.75) is 59.4 Å². The van der Waals surface area contributed by atoms with Crippen molar-refractivity contribution < 1.29 is 4.79 Å². The maximum atomic E-state index is 11.3. The summed E-state index contributed by atoms with van der Waals surface area (Å²) >= 11 is 0. The Bertz CT molecular complexity index is 631. The van der Waals surface area contributed by atoms with Crippen LogP contribution in [0.5, 0.6) is 0 Å². The molecule has 4 nitrogen and oxygen atoms in total. The van der Waals surface area contributed by atoms with Crippen LogP contribution in [0.2, 0.25) is 0 Å². The van der Waals surface area contributed by atoms with Crippen molar-refractivity contribution in [1.29, 1.82) is 0 Å². The van der Waals surface area contributed by atoms with E-state index in [0.717, 1.165) is 30.5 Å². The number of nitrogens with zero attached hydrogens (tertiary/aromatic N) is 3. The van der Waals surface area contributed by atoms with Crippen LogP contribution in [0, 0.1) is 13.8 Å². The quantitative estimate of drug-likeness (QED) is 0.538. The van der Waals surface area contributed by atoms with E-state index in [0.29, 0.717) is 5.69 Å². The molecule has 0 N–H and O–H groups in total. The number of rotatable bonds is 8. The lowest BCUT2D eigenvalue weighted by molar-refractivity contribution is 0.111. The minimum Gasteiger partial charge on any atom is -0.296 e. The van der Waals surface area contributed by atoms with Crippen LogP contribution in [0.1, 0.15) is 60.6 Å². The maximum absolute atomic E-state index is 11.3. The largest absolute Gasteiger partial charge is 0.296 e. The topological polar surface area (TPSA) is 47.8 Å². The number of carbonyl (C=O) groups is 1. The van der Waals surface area contributed by atoms with Crippen molar-refractivity contribution in [3.8, 4) is 11.3 Å².